The molecule has 9 heteroatoms. The van der Waals surface area contributed by atoms with Gasteiger partial charge in [0.05, 0.1) is 29.8 Å². The van der Waals surface area contributed by atoms with Crippen molar-refractivity contribution in [3.05, 3.63) is 53.8 Å². The van der Waals surface area contributed by atoms with Crippen LogP contribution in [0.5, 0.6) is 5.75 Å². The zero-order valence-corrected chi connectivity index (χ0v) is 19.2. The van der Waals surface area contributed by atoms with Gasteiger partial charge in [-0.1, -0.05) is 12.1 Å². The molecule has 0 spiro atoms. The maximum Gasteiger partial charge on any atom is 0.508 e. The summed E-state index contributed by atoms with van der Waals surface area (Å²) in [7, 11) is -3.46. The van der Waals surface area contributed by atoms with Crippen molar-refractivity contribution in [3.63, 3.8) is 0 Å². The fraction of sp³-hybridized carbons (Fsp3) is 0.435. The molecule has 1 saturated heterocycles. The van der Waals surface area contributed by atoms with Gasteiger partial charge in [-0.2, -0.15) is 0 Å². The summed E-state index contributed by atoms with van der Waals surface area (Å²) in [5.41, 5.74) is 1.32. The van der Waals surface area contributed by atoms with E-state index in [-0.39, 0.29) is 23.7 Å². The van der Waals surface area contributed by atoms with Crippen molar-refractivity contribution in [1.82, 2.24) is 0 Å². The standard InChI is InChI=1S/C23H28FNO6S/c1-16(2)30-23(26)29-12-10-17-5-4-6-18(13-17)31-19-9-11-25(15-19)22-8-7-20(14-21(22)24)32(3,27)28/h4-8,13-14,16,19H,9-12,15H2,1-3H3. The Balaban J connectivity index is 1.55. The van der Waals surface area contributed by atoms with Crippen molar-refractivity contribution in [2.24, 2.45) is 0 Å². The molecule has 0 radical (unpaired) electrons. The average molecular weight is 466 g/mol. The topological polar surface area (TPSA) is 82.1 Å². The van der Waals surface area contributed by atoms with Crippen LogP contribution in [0, 0.1) is 5.82 Å². The molecule has 2 aromatic carbocycles. The molecule has 0 N–H and O–H groups in total. The van der Waals surface area contributed by atoms with Crippen molar-refractivity contribution < 1.29 is 31.8 Å². The first-order valence-electron chi connectivity index (χ1n) is 10.5. The van der Waals surface area contributed by atoms with Gasteiger partial charge < -0.3 is 19.1 Å². The number of ether oxygens (including phenoxy) is 3. The first-order chi connectivity index (χ1) is 15.1. The Morgan fingerprint density at radius 3 is 2.69 bits per heavy atom. The van der Waals surface area contributed by atoms with Crippen LogP contribution in [0.1, 0.15) is 25.8 Å². The van der Waals surface area contributed by atoms with E-state index in [1.165, 1.54) is 12.1 Å². The molecular weight excluding hydrogens is 437 g/mol. The minimum atomic E-state index is -3.46. The lowest BCUT2D eigenvalue weighted by atomic mass is 10.1. The number of hydrogen-bond donors (Lipinski definition) is 0. The molecule has 1 atom stereocenters. The van der Waals surface area contributed by atoms with Gasteiger partial charge in [0.15, 0.2) is 9.84 Å². The molecule has 2 aromatic rings. The van der Waals surface area contributed by atoms with Crippen LogP contribution in [-0.4, -0.2) is 52.7 Å². The molecule has 1 heterocycles. The molecule has 0 amide bonds. The van der Waals surface area contributed by atoms with Gasteiger partial charge >= 0.3 is 6.16 Å². The van der Waals surface area contributed by atoms with Gasteiger partial charge in [0.25, 0.3) is 0 Å². The Hall–Kier alpha value is -2.81. The number of sulfone groups is 1. The summed E-state index contributed by atoms with van der Waals surface area (Å²) in [6.45, 7) is 4.81. The third-order valence-electron chi connectivity index (χ3n) is 4.98. The molecule has 174 valence electrons. The summed E-state index contributed by atoms with van der Waals surface area (Å²) in [4.78, 5) is 13.3. The highest BCUT2D eigenvalue weighted by molar-refractivity contribution is 7.90. The number of carbonyl (C=O) groups is 1. The third-order valence-corrected chi connectivity index (χ3v) is 6.09. The Labute approximate surface area is 188 Å². The fourth-order valence-corrected chi connectivity index (χ4v) is 4.10. The number of nitrogens with zero attached hydrogens (tertiary/aromatic N) is 1. The maximum atomic E-state index is 14.5. The Morgan fingerprint density at radius 1 is 1.22 bits per heavy atom. The third kappa shape index (κ3) is 6.59. The number of anilines is 1. The molecule has 32 heavy (non-hydrogen) atoms. The second-order valence-corrected chi connectivity index (χ2v) is 10.0. The van der Waals surface area contributed by atoms with E-state index in [9.17, 15) is 17.6 Å². The molecule has 7 nitrogen and oxygen atoms in total. The second kappa shape index (κ2) is 10.2. The minimum absolute atomic E-state index is 0.0380. The fourth-order valence-electron chi connectivity index (χ4n) is 3.46. The van der Waals surface area contributed by atoms with Gasteiger partial charge in [-0.05, 0) is 49.7 Å². The molecule has 1 unspecified atom stereocenters. The Bertz CT molecular complexity index is 1060. The number of rotatable bonds is 8. The molecule has 0 aromatic heterocycles. The molecular formula is C23H28FNO6S. The molecule has 0 aliphatic carbocycles. The van der Waals surface area contributed by atoms with Gasteiger partial charge in [0.1, 0.15) is 17.7 Å². The number of carbonyl (C=O) groups excluding carboxylic acids is 1. The van der Waals surface area contributed by atoms with E-state index in [1.54, 1.807) is 13.8 Å². The van der Waals surface area contributed by atoms with E-state index in [0.717, 1.165) is 17.9 Å². The SMILES string of the molecule is CC(C)OC(=O)OCCc1cccc(OC2CCN(c3ccc(S(C)(=O)=O)cc3F)C2)c1. The molecule has 0 bridgehead atoms. The molecule has 1 aliphatic rings. The Morgan fingerprint density at radius 2 is 2.00 bits per heavy atom. The van der Waals surface area contributed by atoms with E-state index in [4.69, 9.17) is 14.2 Å². The monoisotopic (exact) mass is 465 g/mol. The Kier molecular flexibility index (Phi) is 7.60. The summed E-state index contributed by atoms with van der Waals surface area (Å²) in [5, 5.41) is 0. The van der Waals surface area contributed by atoms with Crippen LogP contribution in [0.3, 0.4) is 0 Å². The van der Waals surface area contributed by atoms with E-state index in [0.29, 0.717) is 37.4 Å². The smallest absolute Gasteiger partial charge is 0.489 e. The zero-order chi connectivity index (χ0) is 23.3. The zero-order valence-electron chi connectivity index (χ0n) is 18.4. The van der Waals surface area contributed by atoms with Crippen molar-refractivity contribution in [2.75, 3.05) is 30.9 Å². The summed E-state index contributed by atoms with van der Waals surface area (Å²) in [6, 6.07) is 11.5. The summed E-state index contributed by atoms with van der Waals surface area (Å²) in [5.74, 6) is 0.124. The predicted octanol–water partition coefficient (Wildman–Crippen LogP) is 3.99. The number of hydrogen-bond acceptors (Lipinski definition) is 7. The lowest BCUT2D eigenvalue weighted by molar-refractivity contribution is 0.0353. The first kappa shape index (κ1) is 23.8. The van der Waals surface area contributed by atoms with Gasteiger partial charge in [0, 0.05) is 25.6 Å². The van der Waals surface area contributed by atoms with Crippen molar-refractivity contribution in [3.8, 4) is 5.75 Å². The quantitative estimate of drug-likeness (QED) is 0.545. The lowest BCUT2D eigenvalue weighted by Gasteiger charge is -2.20. The lowest BCUT2D eigenvalue weighted by Crippen LogP contribution is -2.25. The van der Waals surface area contributed by atoms with E-state index < -0.39 is 21.8 Å². The highest BCUT2D eigenvalue weighted by atomic mass is 32.2. The van der Waals surface area contributed by atoms with Crippen molar-refractivity contribution in [1.29, 1.82) is 0 Å². The van der Waals surface area contributed by atoms with Gasteiger partial charge in [-0.15, -0.1) is 0 Å². The van der Waals surface area contributed by atoms with Crippen LogP contribution in [0.2, 0.25) is 0 Å². The number of benzene rings is 2. The van der Waals surface area contributed by atoms with Gasteiger partial charge in [-0.3, -0.25) is 0 Å². The van der Waals surface area contributed by atoms with Gasteiger partial charge in [-0.25, -0.2) is 17.6 Å². The summed E-state index contributed by atoms with van der Waals surface area (Å²) >= 11 is 0. The molecule has 1 fully saturated rings. The van der Waals surface area contributed by atoms with Crippen LogP contribution in [0.15, 0.2) is 47.4 Å². The highest BCUT2D eigenvalue weighted by Crippen LogP contribution is 2.28. The normalized spacial score (nSPS) is 16.3. The highest BCUT2D eigenvalue weighted by Gasteiger charge is 2.26. The summed E-state index contributed by atoms with van der Waals surface area (Å²) < 4.78 is 53.8. The van der Waals surface area contributed by atoms with Gasteiger partial charge in [0.2, 0.25) is 0 Å². The van der Waals surface area contributed by atoms with Crippen LogP contribution in [0.25, 0.3) is 0 Å². The van der Waals surface area contributed by atoms with Crippen molar-refractivity contribution >= 4 is 21.7 Å². The van der Waals surface area contributed by atoms with Crippen LogP contribution >= 0.6 is 0 Å². The van der Waals surface area contributed by atoms with Crippen molar-refractivity contribution in [2.45, 2.75) is 43.8 Å². The number of halogens is 1. The average Bonchev–Trinajstić information content (AvgIpc) is 3.15. The second-order valence-electron chi connectivity index (χ2n) is 8.02. The van der Waals surface area contributed by atoms with Crippen LogP contribution in [-0.2, 0) is 25.7 Å². The van der Waals surface area contributed by atoms with E-state index in [2.05, 4.69) is 0 Å². The van der Waals surface area contributed by atoms with Crippen LogP contribution < -0.4 is 9.64 Å². The van der Waals surface area contributed by atoms with E-state index >= 15 is 0 Å². The predicted molar refractivity (Wildman–Crippen MR) is 118 cm³/mol. The minimum Gasteiger partial charge on any atom is -0.489 e. The summed E-state index contributed by atoms with van der Waals surface area (Å²) in [6.07, 6.45) is 1.25. The molecule has 3 rings (SSSR count). The van der Waals surface area contributed by atoms with Crippen LogP contribution in [0.4, 0.5) is 14.9 Å². The maximum absolute atomic E-state index is 14.5. The molecule has 1 aliphatic heterocycles. The molecule has 0 saturated carbocycles. The van der Waals surface area contributed by atoms with E-state index in [1.807, 2.05) is 29.2 Å². The largest absolute Gasteiger partial charge is 0.508 e. The first-order valence-corrected chi connectivity index (χ1v) is 12.3.